The van der Waals surface area contributed by atoms with Gasteiger partial charge >= 0.3 is 6.03 Å². The summed E-state index contributed by atoms with van der Waals surface area (Å²) in [4.78, 5) is 37.1. The Kier molecular flexibility index (Phi) is 8.13. The maximum atomic E-state index is 13.3. The summed E-state index contributed by atoms with van der Waals surface area (Å²) in [6.45, 7) is 7.43. The van der Waals surface area contributed by atoms with E-state index in [1.807, 2.05) is 6.07 Å². The van der Waals surface area contributed by atoms with Crippen LogP contribution in [0.15, 0.2) is 42.6 Å². The van der Waals surface area contributed by atoms with E-state index < -0.39 is 0 Å². The molecule has 0 bridgehead atoms. The Bertz CT molecular complexity index is 1050. The molecular formula is C28H38N6O2. The van der Waals surface area contributed by atoms with Gasteiger partial charge in [-0.05, 0) is 101 Å². The molecule has 3 aliphatic heterocycles. The van der Waals surface area contributed by atoms with Crippen molar-refractivity contribution in [1.82, 2.24) is 20.1 Å². The van der Waals surface area contributed by atoms with E-state index >= 15 is 0 Å². The van der Waals surface area contributed by atoms with E-state index in [1.54, 1.807) is 36.5 Å². The van der Waals surface area contributed by atoms with Gasteiger partial charge in [0.25, 0.3) is 5.91 Å². The Morgan fingerprint density at radius 1 is 0.972 bits per heavy atom. The van der Waals surface area contributed by atoms with Gasteiger partial charge in [-0.25, -0.2) is 14.7 Å². The highest BCUT2D eigenvalue weighted by atomic mass is 16.2. The summed E-state index contributed by atoms with van der Waals surface area (Å²) >= 11 is 0. The van der Waals surface area contributed by atoms with Crippen LogP contribution in [-0.2, 0) is 0 Å². The van der Waals surface area contributed by atoms with Gasteiger partial charge in [-0.15, -0.1) is 0 Å². The summed E-state index contributed by atoms with van der Waals surface area (Å²) in [7, 11) is 0. The Hall–Kier alpha value is -2.97. The summed E-state index contributed by atoms with van der Waals surface area (Å²) in [5, 5.41) is 5.94. The van der Waals surface area contributed by atoms with Gasteiger partial charge in [-0.1, -0.05) is 18.6 Å². The fraction of sp³-hybridized carbons (Fsp3) is 0.536. The predicted octanol–water partition coefficient (Wildman–Crippen LogP) is 4.47. The first-order valence-electron chi connectivity index (χ1n) is 13.6. The topological polar surface area (TPSA) is 80.8 Å². The third-order valence-corrected chi connectivity index (χ3v) is 7.79. The molecule has 8 nitrogen and oxygen atoms in total. The van der Waals surface area contributed by atoms with E-state index in [1.165, 1.54) is 69.5 Å². The maximum Gasteiger partial charge on any atom is 0.327 e. The minimum atomic E-state index is -0.272. The Labute approximate surface area is 214 Å². The molecule has 0 unspecified atom stereocenters. The summed E-state index contributed by atoms with van der Waals surface area (Å²) in [6.07, 6.45) is 10.9. The van der Waals surface area contributed by atoms with Crippen molar-refractivity contribution < 1.29 is 9.59 Å². The molecule has 0 atom stereocenters. The van der Waals surface area contributed by atoms with Crippen molar-refractivity contribution in [2.75, 3.05) is 56.0 Å². The molecule has 3 amide bonds. The second-order valence-electron chi connectivity index (χ2n) is 10.2. The van der Waals surface area contributed by atoms with Crippen molar-refractivity contribution in [3.05, 3.63) is 48.2 Å². The molecule has 2 aromatic rings. The lowest BCUT2D eigenvalue weighted by Crippen LogP contribution is -2.43. The lowest BCUT2D eigenvalue weighted by molar-refractivity contribution is 0.102. The van der Waals surface area contributed by atoms with Crippen molar-refractivity contribution in [2.45, 2.75) is 44.9 Å². The quantitative estimate of drug-likeness (QED) is 0.599. The van der Waals surface area contributed by atoms with Crippen LogP contribution in [0.2, 0.25) is 0 Å². The zero-order chi connectivity index (χ0) is 24.7. The fourth-order valence-electron chi connectivity index (χ4n) is 5.73. The molecule has 1 aromatic carbocycles. The first kappa shape index (κ1) is 24.7. The Balaban J connectivity index is 1.10. The summed E-state index contributed by atoms with van der Waals surface area (Å²) < 4.78 is 0. The van der Waals surface area contributed by atoms with Gasteiger partial charge in [0.2, 0.25) is 0 Å². The van der Waals surface area contributed by atoms with Crippen LogP contribution in [0.4, 0.5) is 22.0 Å². The van der Waals surface area contributed by atoms with Crippen molar-refractivity contribution in [1.29, 1.82) is 0 Å². The summed E-state index contributed by atoms with van der Waals surface area (Å²) in [5.41, 5.74) is 1.51. The van der Waals surface area contributed by atoms with Gasteiger partial charge in [0.15, 0.2) is 5.82 Å². The number of hydrogen-bond acceptors (Lipinski definition) is 5. The zero-order valence-corrected chi connectivity index (χ0v) is 21.1. The van der Waals surface area contributed by atoms with E-state index in [0.717, 1.165) is 25.6 Å². The van der Waals surface area contributed by atoms with E-state index in [0.29, 0.717) is 29.3 Å². The average Bonchev–Trinajstić information content (AvgIpc) is 3.04. The standard InChI is InChI=1S/C28H38N6O2/c35-27-23-9-2-3-11-25(23)34(26-24(31-27)10-6-14-29-26)28(36)30-15-21-33-19-12-22(13-20-33)8-7-18-32-16-4-1-5-17-32/h2-3,6,9-11,14,22H,1,4-5,7-8,12-13,15-21H2,(H,30,36)(H,31,35). The van der Waals surface area contributed by atoms with Crippen LogP contribution in [0.1, 0.15) is 55.3 Å². The number of urea groups is 1. The number of piperidine rings is 2. The molecule has 3 aliphatic rings. The molecule has 2 N–H and O–H groups in total. The highest BCUT2D eigenvalue weighted by molar-refractivity contribution is 6.16. The molecule has 8 heteroatoms. The number of anilines is 3. The SMILES string of the molecule is O=C1Nc2cccnc2N(C(=O)NCCN2CCC(CCCN3CCCCC3)CC2)c2ccccc21. The first-order chi connectivity index (χ1) is 17.7. The number of carbonyl (C=O) groups is 2. The minimum absolute atomic E-state index is 0.242. The van der Waals surface area contributed by atoms with Crippen LogP contribution in [0, 0.1) is 5.92 Å². The molecule has 2 saturated heterocycles. The van der Waals surface area contributed by atoms with Gasteiger partial charge in [0, 0.05) is 19.3 Å². The molecule has 0 saturated carbocycles. The second-order valence-corrected chi connectivity index (χ2v) is 10.2. The molecule has 4 heterocycles. The molecule has 192 valence electrons. The number of nitrogens with zero attached hydrogens (tertiary/aromatic N) is 4. The normalized spacial score (nSPS) is 19.2. The van der Waals surface area contributed by atoms with Crippen molar-refractivity contribution in [2.24, 2.45) is 5.92 Å². The number of benzene rings is 1. The fourth-order valence-corrected chi connectivity index (χ4v) is 5.73. The van der Waals surface area contributed by atoms with Gasteiger partial charge in [-0.3, -0.25) is 4.79 Å². The maximum absolute atomic E-state index is 13.3. The van der Waals surface area contributed by atoms with Crippen molar-refractivity contribution in [3.8, 4) is 0 Å². The molecule has 36 heavy (non-hydrogen) atoms. The Morgan fingerprint density at radius 2 is 1.75 bits per heavy atom. The number of hydrogen-bond donors (Lipinski definition) is 2. The van der Waals surface area contributed by atoms with E-state index in [4.69, 9.17) is 0 Å². The molecular weight excluding hydrogens is 452 g/mol. The van der Waals surface area contributed by atoms with Crippen molar-refractivity contribution in [3.63, 3.8) is 0 Å². The number of para-hydroxylation sites is 1. The number of pyridine rings is 1. The first-order valence-corrected chi connectivity index (χ1v) is 13.6. The number of rotatable bonds is 7. The van der Waals surface area contributed by atoms with Crippen LogP contribution >= 0.6 is 0 Å². The Morgan fingerprint density at radius 3 is 2.58 bits per heavy atom. The highest BCUT2D eigenvalue weighted by Gasteiger charge is 2.30. The second kappa shape index (κ2) is 11.8. The van der Waals surface area contributed by atoms with Crippen LogP contribution in [0.25, 0.3) is 0 Å². The number of carbonyl (C=O) groups excluding carboxylic acids is 2. The molecule has 5 rings (SSSR count). The predicted molar refractivity (Wildman–Crippen MR) is 143 cm³/mol. The van der Waals surface area contributed by atoms with E-state index in [9.17, 15) is 9.59 Å². The lowest BCUT2D eigenvalue weighted by Gasteiger charge is -2.33. The minimum Gasteiger partial charge on any atom is -0.336 e. The van der Waals surface area contributed by atoms with Gasteiger partial charge < -0.3 is 20.4 Å². The summed E-state index contributed by atoms with van der Waals surface area (Å²) in [5.74, 6) is 1.02. The molecule has 0 radical (unpaired) electrons. The molecule has 1 aromatic heterocycles. The molecule has 2 fully saturated rings. The van der Waals surface area contributed by atoms with Crippen LogP contribution in [0.3, 0.4) is 0 Å². The van der Waals surface area contributed by atoms with Gasteiger partial charge in [-0.2, -0.15) is 0 Å². The average molecular weight is 491 g/mol. The number of nitrogens with one attached hydrogen (secondary N) is 2. The highest BCUT2D eigenvalue weighted by Crippen LogP contribution is 2.36. The smallest absolute Gasteiger partial charge is 0.327 e. The van der Waals surface area contributed by atoms with E-state index in [2.05, 4.69) is 25.4 Å². The van der Waals surface area contributed by atoms with Crippen molar-refractivity contribution >= 4 is 29.1 Å². The largest absolute Gasteiger partial charge is 0.336 e. The molecule has 0 spiro atoms. The number of fused-ring (bicyclic) bond motifs is 2. The number of amides is 3. The van der Waals surface area contributed by atoms with Gasteiger partial charge in [0.1, 0.15) is 0 Å². The summed E-state index contributed by atoms with van der Waals surface area (Å²) in [6, 6.07) is 10.4. The monoisotopic (exact) mass is 490 g/mol. The van der Waals surface area contributed by atoms with Gasteiger partial charge in [0.05, 0.1) is 16.9 Å². The van der Waals surface area contributed by atoms with Crippen LogP contribution in [-0.4, -0.2) is 72.5 Å². The molecule has 0 aliphatic carbocycles. The van der Waals surface area contributed by atoms with Crippen LogP contribution in [0.5, 0.6) is 0 Å². The zero-order valence-electron chi connectivity index (χ0n) is 21.1. The van der Waals surface area contributed by atoms with Crippen LogP contribution < -0.4 is 15.5 Å². The number of likely N-dealkylation sites (tertiary alicyclic amines) is 2. The lowest BCUT2D eigenvalue weighted by atomic mass is 9.92. The van der Waals surface area contributed by atoms with E-state index in [-0.39, 0.29) is 11.9 Å². The third-order valence-electron chi connectivity index (χ3n) is 7.79. The number of aromatic nitrogens is 1. The third kappa shape index (κ3) is 5.87.